The molecule has 0 saturated carbocycles. The van der Waals surface area contributed by atoms with Gasteiger partial charge in [-0.15, -0.1) is 0 Å². The number of nitrogens with one attached hydrogen (secondary N) is 1. The number of hydrogen-bond acceptors (Lipinski definition) is 2. The molecule has 1 heterocycles. The molecule has 1 amide bonds. The van der Waals surface area contributed by atoms with E-state index >= 15 is 0 Å². The van der Waals surface area contributed by atoms with E-state index in [2.05, 4.69) is 5.32 Å². The number of aliphatic hydroxyl groups is 1. The molecule has 0 radical (unpaired) electrons. The number of halogens is 1. The molecule has 108 valence electrons. The molecule has 21 heavy (non-hydrogen) atoms. The van der Waals surface area contributed by atoms with Crippen LogP contribution in [0.3, 0.4) is 0 Å². The highest BCUT2D eigenvalue weighted by Gasteiger charge is 2.24. The lowest BCUT2D eigenvalue weighted by atomic mass is 9.91. The van der Waals surface area contributed by atoms with E-state index in [0.29, 0.717) is 29.7 Å². The number of rotatable bonds is 2. The monoisotopic (exact) mass is 285 g/mol. The van der Waals surface area contributed by atoms with Crippen molar-refractivity contribution in [3.63, 3.8) is 0 Å². The van der Waals surface area contributed by atoms with Crippen LogP contribution in [0, 0.1) is 12.7 Å². The molecule has 1 unspecified atom stereocenters. The third-order valence-electron chi connectivity index (χ3n) is 3.88. The van der Waals surface area contributed by atoms with Crippen molar-refractivity contribution in [2.75, 3.05) is 5.32 Å². The van der Waals surface area contributed by atoms with Gasteiger partial charge in [-0.2, -0.15) is 0 Å². The third kappa shape index (κ3) is 2.54. The Hall–Kier alpha value is -2.20. The van der Waals surface area contributed by atoms with E-state index in [9.17, 15) is 14.3 Å². The third-order valence-corrected chi connectivity index (χ3v) is 3.88. The zero-order chi connectivity index (χ0) is 15.0. The Morgan fingerprint density at radius 3 is 2.71 bits per heavy atom. The molecule has 0 aliphatic carbocycles. The molecule has 3 nitrogen and oxygen atoms in total. The smallest absolute Gasteiger partial charge is 0.224 e. The lowest BCUT2D eigenvalue weighted by Gasteiger charge is -2.24. The Morgan fingerprint density at radius 2 is 1.95 bits per heavy atom. The molecule has 0 bridgehead atoms. The summed E-state index contributed by atoms with van der Waals surface area (Å²) in [5.41, 5.74) is 3.32. The van der Waals surface area contributed by atoms with Gasteiger partial charge >= 0.3 is 0 Å². The van der Waals surface area contributed by atoms with E-state index in [1.165, 1.54) is 12.1 Å². The molecule has 4 heteroatoms. The Morgan fingerprint density at radius 1 is 1.19 bits per heavy atom. The normalized spacial score (nSPS) is 15.3. The Kier molecular flexibility index (Phi) is 3.47. The summed E-state index contributed by atoms with van der Waals surface area (Å²) in [6.45, 7) is 1.89. The summed E-state index contributed by atoms with van der Waals surface area (Å²) in [4.78, 5) is 11.6. The number of aryl methyl sites for hydroxylation is 2. The van der Waals surface area contributed by atoms with Crippen LogP contribution in [0.4, 0.5) is 10.1 Å². The first-order chi connectivity index (χ1) is 10.1. The second kappa shape index (κ2) is 5.30. The zero-order valence-corrected chi connectivity index (χ0v) is 11.7. The van der Waals surface area contributed by atoms with Gasteiger partial charge in [0.2, 0.25) is 5.91 Å². The number of carbonyl (C=O) groups is 1. The largest absolute Gasteiger partial charge is 0.384 e. The molecule has 1 atom stereocenters. The van der Waals surface area contributed by atoms with Crippen LogP contribution < -0.4 is 5.32 Å². The molecule has 2 aromatic rings. The average Bonchev–Trinajstić information content (AvgIpc) is 2.47. The fraction of sp³-hybridized carbons (Fsp3) is 0.235. The first-order valence-corrected chi connectivity index (χ1v) is 6.92. The SMILES string of the molecule is Cc1ccccc1C(O)c1cc(F)cc2c1NC(=O)CC2. The lowest BCUT2D eigenvalue weighted by molar-refractivity contribution is -0.116. The molecule has 0 fully saturated rings. The van der Waals surface area contributed by atoms with Gasteiger partial charge in [0.1, 0.15) is 11.9 Å². The molecule has 0 aromatic heterocycles. The van der Waals surface area contributed by atoms with E-state index in [4.69, 9.17) is 0 Å². The van der Waals surface area contributed by atoms with Crippen molar-refractivity contribution in [3.8, 4) is 0 Å². The minimum Gasteiger partial charge on any atom is -0.384 e. The molecular formula is C17H16FNO2. The molecule has 1 aliphatic heterocycles. The van der Waals surface area contributed by atoms with Gasteiger partial charge in [-0.1, -0.05) is 24.3 Å². The maximum absolute atomic E-state index is 13.8. The summed E-state index contributed by atoms with van der Waals surface area (Å²) in [5, 5.41) is 13.4. The maximum Gasteiger partial charge on any atom is 0.224 e. The van der Waals surface area contributed by atoms with Crippen LogP contribution in [0.1, 0.15) is 34.8 Å². The molecule has 3 rings (SSSR count). The standard InChI is InChI=1S/C17H16FNO2/c1-10-4-2-3-5-13(10)17(21)14-9-12(18)8-11-6-7-15(20)19-16(11)14/h2-5,8-9,17,21H,6-7H2,1H3,(H,19,20). The minimum atomic E-state index is -0.964. The predicted molar refractivity (Wildman–Crippen MR) is 78.6 cm³/mol. The summed E-state index contributed by atoms with van der Waals surface area (Å²) in [7, 11) is 0. The minimum absolute atomic E-state index is 0.104. The number of anilines is 1. The first kappa shape index (κ1) is 13.8. The van der Waals surface area contributed by atoms with Crippen LogP contribution in [-0.2, 0) is 11.2 Å². The number of carbonyl (C=O) groups excluding carboxylic acids is 1. The van der Waals surface area contributed by atoms with Crippen LogP contribution in [-0.4, -0.2) is 11.0 Å². The highest BCUT2D eigenvalue weighted by Crippen LogP contribution is 2.35. The van der Waals surface area contributed by atoms with Crippen molar-refractivity contribution in [1.82, 2.24) is 0 Å². The summed E-state index contributed by atoms with van der Waals surface area (Å²) in [6, 6.07) is 10.1. The van der Waals surface area contributed by atoms with E-state index in [1.54, 1.807) is 0 Å². The number of hydrogen-bond donors (Lipinski definition) is 2. The van der Waals surface area contributed by atoms with Gasteiger partial charge in [0, 0.05) is 12.0 Å². The van der Waals surface area contributed by atoms with Crippen LogP contribution in [0.5, 0.6) is 0 Å². The van der Waals surface area contributed by atoms with Gasteiger partial charge in [0.15, 0.2) is 0 Å². The summed E-state index contributed by atoms with van der Waals surface area (Å²) < 4.78 is 13.8. The molecule has 0 saturated heterocycles. The quantitative estimate of drug-likeness (QED) is 0.890. The van der Waals surface area contributed by atoms with E-state index in [1.807, 2.05) is 31.2 Å². The second-order valence-electron chi connectivity index (χ2n) is 5.34. The van der Waals surface area contributed by atoms with Gasteiger partial charge < -0.3 is 10.4 Å². The summed E-state index contributed by atoms with van der Waals surface area (Å²) in [6.07, 6.45) is -0.128. The van der Waals surface area contributed by atoms with Crippen molar-refractivity contribution in [3.05, 3.63) is 64.5 Å². The van der Waals surface area contributed by atoms with Gasteiger partial charge in [0.05, 0.1) is 5.69 Å². The number of aliphatic hydroxyl groups excluding tert-OH is 1. The highest BCUT2D eigenvalue weighted by molar-refractivity contribution is 5.95. The molecular weight excluding hydrogens is 269 g/mol. The number of amides is 1. The molecule has 2 aromatic carbocycles. The van der Waals surface area contributed by atoms with Crippen LogP contribution >= 0.6 is 0 Å². The van der Waals surface area contributed by atoms with Gasteiger partial charge in [0.25, 0.3) is 0 Å². The summed E-state index contributed by atoms with van der Waals surface area (Å²) >= 11 is 0. The molecule has 1 aliphatic rings. The fourth-order valence-electron chi connectivity index (χ4n) is 2.76. The van der Waals surface area contributed by atoms with E-state index in [0.717, 1.165) is 11.1 Å². The van der Waals surface area contributed by atoms with Gasteiger partial charge in [-0.25, -0.2) is 4.39 Å². The zero-order valence-electron chi connectivity index (χ0n) is 11.7. The average molecular weight is 285 g/mol. The lowest BCUT2D eigenvalue weighted by Crippen LogP contribution is -2.22. The van der Waals surface area contributed by atoms with Crippen LogP contribution in [0.2, 0.25) is 0 Å². The van der Waals surface area contributed by atoms with Crippen LogP contribution in [0.15, 0.2) is 36.4 Å². The van der Waals surface area contributed by atoms with Crippen molar-refractivity contribution in [1.29, 1.82) is 0 Å². The van der Waals surface area contributed by atoms with Crippen molar-refractivity contribution < 1.29 is 14.3 Å². The maximum atomic E-state index is 13.8. The number of benzene rings is 2. The second-order valence-corrected chi connectivity index (χ2v) is 5.34. The topological polar surface area (TPSA) is 49.3 Å². The van der Waals surface area contributed by atoms with E-state index in [-0.39, 0.29) is 5.91 Å². The predicted octanol–water partition coefficient (Wildman–Crippen LogP) is 3.10. The van der Waals surface area contributed by atoms with Crippen molar-refractivity contribution in [2.45, 2.75) is 25.9 Å². The Bertz CT molecular complexity index is 712. The van der Waals surface area contributed by atoms with Crippen LogP contribution in [0.25, 0.3) is 0 Å². The van der Waals surface area contributed by atoms with E-state index < -0.39 is 11.9 Å². The first-order valence-electron chi connectivity index (χ1n) is 6.92. The summed E-state index contributed by atoms with van der Waals surface area (Å²) in [5.74, 6) is -0.500. The van der Waals surface area contributed by atoms with Crippen molar-refractivity contribution in [2.24, 2.45) is 0 Å². The fourth-order valence-corrected chi connectivity index (χ4v) is 2.76. The highest BCUT2D eigenvalue weighted by atomic mass is 19.1. The molecule has 2 N–H and O–H groups in total. The van der Waals surface area contributed by atoms with Crippen molar-refractivity contribution >= 4 is 11.6 Å². The Labute approximate surface area is 122 Å². The molecule has 0 spiro atoms. The van der Waals surface area contributed by atoms with Gasteiger partial charge in [-0.05, 0) is 42.2 Å². The van der Waals surface area contributed by atoms with Gasteiger partial charge in [-0.3, -0.25) is 4.79 Å². The number of fused-ring (bicyclic) bond motifs is 1. The Balaban J connectivity index is 2.12.